The maximum Gasteiger partial charge on any atom is 0.346 e. The number of esters is 2. The maximum absolute atomic E-state index is 12.0. The number of nitrogen functional groups attached to an aromatic ring is 1. The summed E-state index contributed by atoms with van der Waals surface area (Å²) in [4.78, 5) is 24.1. The molecule has 136 valence electrons. The lowest BCUT2D eigenvalue weighted by Gasteiger charge is -2.18. The molecule has 0 saturated heterocycles. The molecule has 1 aliphatic heterocycles. The van der Waals surface area contributed by atoms with Crippen LogP contribution in [-0.2, 0) is 11.2 Å². The zero-order valence-corrected chi connectivity index (χ0v) is 15.0. The van der Waals surface area contributed by atoms with Gasteiger partial charge in [-0.1, -0.05) is 31.5 Å². The Bertz CT molecular complexity index is 1050. The highest BCUT2D eigenvalue weighted by atomic mass is 16.6. The average molecular weight is 361 g/mol. The van der Waals surface area contributed by atoms with Gasteiger partial charge in [0.1, 0.15) is 11.5 Å². The van der Waals surface area contributed by atoms with Gasteiger partial charge in [-0.25, -0.2) is 9.59 Å². The summed E-state index contributed by atoms with van der Waals surface area (Å²) in [7, 11) is 0. The summed E-state index contributed by atoms with van der Waals surface area (Å²) in [6.45, 7) is 2.15. The van der Waals surface area contributed by atoms with Crippen molar-refractivity contribution in [2.75, 3.05) is 5.73 Å². The third-order valence-electron chi connectivity index (χ3n) is 4.74. The quantitative estimate of drug-likeness (QED) is 0.398. The van der Waals surface area contributed by atoms with Crippen molar-refractivity contribution in [3.63, 3.8) is 0 Å². The van der Waals surface area contributed by atoms with Crippen molar-refractivity contribution in [2.45, 2.75) is 26.2 Å². The Kier molecular flexibility index (Phi) is 4.28. The lowest BCUT2D eigenvalue weighted by molar-refractivity contribution is 0.0391. The Balaban J connectivity index is 1.75. The Labute approximate surface area is 156 Å². The van der Waals surface area contributed by atoms with Gasteiger partial charge in [0, 0.05) is 10.8 Å². The summed E-state index contributed by atoms with van der Waals surface area (Å²) in [5.74, 6) is -0.211. The average Bonchev–Trinajstić information content (AvgIpc) is 2.67. The molecule has 2 N–H and O–H groups in total. The van der Waals surface area contributed by atoms with Crippen LogP contribution in [0.5, 0.6) is 11.5 Å². The lowest BCUT2D eigenvalue weighted by atomic mass is 9.96. The van der Waals surface area contributed by atoms with Crippen molar-refractivity contribution in [2.24, 2.45) is 0 Å². The lowest BCUT2D eigenvalue weighted by Crippen LogP contribution is -2.19. The fourth-order valence-electron chi connectivity index (χ4n) is 3.35. The number of aryl methyl sites for hydroxylation is 1. The fraction of sp³-hybridized carbons (Fsp3) is 0.182. The largest absolute Gasteiger partial charge is 0.455 e. The van der Waals surface area contributed by atoms with E-state index in [4.69, 9.17) is 15.2 Å². The Morgan fingerprint density at radius 2 is 1.70 bits per heavy atom. The first-order valence-electron chi connectivity index (χ1n) is 8.97. The zero-order valence-electron chi connectivity index (χ0n) is 15.0. The van der Waals surface area contributed by atoms with Crippen LogP contribution in [0.3, 0.4) is 0 Å². The van der Waals surface area contributed by atoms with Gasteiger partial charge in [0.05, 0.1) is 16.8 Å². The van der Waals surface area contributed by atoms with E-state index in [0.29, 0.717) is 39.1 Å². The molecular weight excluding hydrogens is 342 g/mol. The minimum atomic E-state index is -0.643. The molecule has 0 amide bonds. The normalized spacial score (nSPS) is 12.9. The van der Waals surface area contributed by atoms with Gasteiger partial charge in [-0.3, -0.25) is 0 Å². The van der Waals surface area contributed by atoms with Crippen molar-refractivity contribution in [1.29, 1.82) is 0 Å². The Morgan fingerprint density at radius 1 is 0.963 bits per heavy atom. The van der Waals surface area contributed by atoms with Crippen LogP contribution in [0.25, 0.3) is 10.8 Å². The number of hydrogen-bond donors (Lipinski definition) is 1. The smallest absolute Gasteiger partial charge is 0.346 e. The zero-order chi connectivity index (χ0) is 19.0. The van der Waals surface area contributed by atoms with E-state index >= 15 is 0 Å². The SMILES string of the molecule is CCCCc1ccc(Oc2ccc3c4c(cccc24)C(=O)OC3=O)c(N)c1. The number of ether oxygens (including phenoxy) is 2. The summed E-state index contributed by atoms with van der Waals surface area (Å²) < 4.78 is 10.8. The number of nitrogens with two attached hydrogens (primary N) is 1. The first kappa shape index (κ1) is 17.1. The van der Waals surface area contributed by atoms with Crippen LogP contribution < -0.4 is 10.5 Å². The second kappa shape index (κ2) is 6.76. The summed E-state index contributed by atoms with van der Waals surface area (Å²) >= 11 is 0. The van der Waals surface area contributed by atoms with Crippen LogP contribution in [0.2, 0.25) is 0 Å². The van der Waals surface area contributed by atoms with E-state index < -0.39 is 11.9 Å². The van der Waals surface area contributed by atoms with E-state index in [1.165, 1.54) is 5.56 Å². The van der Waals surface area contributed by atoms with Crippen LogP contribution in [0.4, 0.5) is 5.69 Å². The number of carbonyl (C=O) groups is 2. The minimum Gasteiger partial charge on any atom is -0.455 e. The number of unbranched alkanes of at least 4 members (excludes halogenated alkanes) is 1. The summed E-state index contributed by atoms with van der Waals surface area (Å²) in [6.07, 6.45) is 3.21. The van der Waals surface area contributed by atoms with Crippen LogP contribution in [-0.4, -0.2) is 11.9 Å². The van der Waals surface area contributed by atoms with Crippen molar-refractivity contribution in [1.82, 2.24) is 0 Å². The number of carbonyl (C=O) groups excluding carboxylic acids is 2. The van der Waals surface area contributed by atoms with Gasteiger partial charge in [0.2, 0.25) is 0 Å². The third-order valence-corrected chi connectivity index (χ3v) is 4.74. The number of benzene rings is 3. The van der Waals surface area contributed by atoms with E-state index in [2.05, 4.69) is 6.92 Å². The van der Waals surface area contributed by atoms with Gasteiger partial charge in [-0.15, -0.1) is 0 Å². The summed E-state index contributed by atoms with van der Waals surface area (Å²) in [5, 5.41) is 1.22. The molecule has 0 spiro atoms. The molecule has 4 rings (SSSR count). The molecule has 0 aliphatic carbocycles. The van der Waals surface area contributed by atoms with Crippen molar-refractivity contribution in [3.05, 3.63) is 65.2 Å². The Morgan fingerprint density at radius 3 is 2.44 bits per heavy atom. The van der Waals surface area contributed by atoms with Gasteiger partial charge in [-0.2, -0.15) is 0 Å². The van der Waals surface area contributed by atoms with Crippen LogP contribution in [0.1, 0.15) is 46.0 Å². The van der Waals surface area contributed by atoms with Gasteiger partial charge in [-0.05, 0) is 48.7 Å². The molecule has 27 heavy (non-hydrogen) atoms. The molecular formula is C22H19NO4. The maximum atomic E-state index is 12.0. The molecule has 5 nitrogen and oxygen atoms in total. The highest BCUT2D eigenvalue weighted by Crippen LogP contribution is 2.38. The predicted octanol–water partition coefficient (Wildman–Crippen LogP) is 4.87. The monoisotopic (exact) mass is 361 g/mol. The Hall–Kier alpha value is -3.34. The van der Waals surface area contributed by atoms with Crippen LogP contribution in [0.15, 0.2) is 48.5 Å². The topological polar surface area (TPSA) is 78.6 Å². The molecule has 0 radical (unpaired) electrons. The molecule has 1 heterocycles. The van der Waals surface area contributed by atoms with E-state index in [1.54, 1.807) is 24.3 Å². The molecule has 3 aromatic carbocycles. The van der Waals surface area contributed by atoms with E-state index in [-0.39, 0.29) is 0 Å². The molecule has 0 fully saturated rings. The van der Waals surface area contributed by atoms with Crippen molar-refractivity contribution in [3.8, 4) is 11.5 Å². The molecule has 0 bridgehead atoms. The molecule has 0 unspecified atom stereocenters. The van der Waals surface area contributed by atoms with Crippen LogP contribution >= 0.6 is 0 Å². The minimum absolute atomic E-state index is 0.357. The summed E-state index contributed by atoms with van der Waals surface area (Å²) in [5.41, 5.74) is 8.62. The summed E-state index contributed by atoms with van der Waals surface area (Å²) in [6, 6.07) is 14.3. The molecule has 0 saturated carbocycles. The standard InChI is InChI=1S/C22H19NO4/c1-2-3-5-13-8-10-19(17(23)12-13)26-18-11-9-16-20-14(18)6-4-7-15(20)21(24)27-22(16)25/h4,6-12H,2-3,5,23H2,1H3. The highest BCUT2D eigenvalue weighted by molar-refractivity contribution is 6.21. The number of hydrogen-bond acceptors (Lipinski definition) is 5. The van der Waals surface area contributed by atoms with E-state index in [0.717, 1.165) is 19.3 Å². The first-order valence-corrected chi connectivity index (χ1v) is 8.97. The predicted molar refractivity (Wildman–Crippen MR) is 103 cm³/mol. The molecule has 0 atom stereocenters. The fourth-order valence-corrected chi connectivity index (χ4v) is 3.35. The van der Waals surface area contributed by atoms with Crippen molar-refractivity contribution >= 4 is 28.4 Å². The molecule has 1 aliphatic rings. The molecule has 3 aromatic rings. The van der Waals surface area contributed by atoms with E-state index in [9.17, 15) is 9.59 Å². The number of rotatable bonds is 5. The number of cyclic esters (lactones) is 2. The van der Waals surface area contributed by atoms with Gasteiger partial charge in [0.15, 0.2) is 0 Å². The van der Waals surface area contributed by atoms with Gasteiger partial charge < -0.3 is 15.2 Å². The number of anilines is 1. The van der Waals surface area contributed by atoms with Gasteiger partial charge in [0.25, 0.3) is 0 Å². The van der Waals surface area contributed by atoms with E-state index in [1.807, 2.05) is 24.3 Å². The first-order chi connectivity index (χ1) is 13.1. The van der Waals surface area contributed by atoms with Gasteiger partial charge >= 0.3 is 11.9 Å². The van der Waals surface area contributed by atoms with Crippen LogP contribution in [0, 0.1) is 0 Å². The molecule has 5 heteroatoms. The third kappa shape index (κ3) is 3.01. The second-order valence-corrected chi connectivity index (χ2v) is 6.59. The molecule has 0 aromatic heterocycles. The van der Waals surface area contributed by atoms with Crippen molar-refractivity contribution < 1.29 is 19.1 Å². The highest BCUT2D eigenvalue weighted by Gasteiger charge is 2.28. The second-order valence-electron chi connectivity index (χ2n) is 6.59.